The molecule has 4 rings (SSSR count). The normalized spacial score (nSPS) is 16.6. The van der Waals surface area contributed by atoms with Crippen LogP contribution in [0.2, 0.25) is 0 Å². The lowest BCUT2D eigenvalue weighted by atomic mass is 10.0. The molecule has 0 spiro atoms. The number of nitrogens with zero attached hydrogens (tertiary/aromatic N) is 2. The van der Waals surface area contributed by atoms with Gasteiger partial charge in [0.05, 0.1) is 17.0 Å². The Bertz CT molecular complexity index is 1340. The van der Waals surface area contributed by atoms with Crippen molar-refractivity contribution in [2.45, 2.75) is 51.6 Å². The van der Waals surface area contributed by atoms with E-state index in [1.54, 1.807) is 38.1 Å². The van der Waals surface area contributed by atoms with Crippen LogP contribution in [0, 0.1) is 27.7 Å². The second-order valence-electron chi connectivity index (χ2n) is 8.48. The van der Waals surface area contributed by atoms with Crippen LogP contribution in [-0.2, 0) is 26.2 Å². The molecule has 34 heavy (non-hydrogen) atoms. The molecule has 0 radical (unpaired) electrons. The van der Waals surface area contributed by atoms with Gasteiger partial charge in [-0.25, -0.2) is 13.3 Å². The predicted octanol–water partition coefficient (Wildman–Crippen LogP) is 5.27. The summed E-state index contributed by atoms with van der Waals surface area (Å²) in [6.07, 6.45) is -0.206. The third-order valence-electron chi connectivity index (χ3n) is 6.31. The zero-order valence-electron chi connectivity index (χ0n) is 19.3. The Kier molecular flexibility index (Phi) is 6.83. The predicted molar refractivity (Wildman–Crippen MR) is 137 cm³/mol. The molecule has 178 valence electrons. The van der Waals surface area contributed by atoms with Crippen molar-refractivity contribution < 1.29 is 18.0 Å². The Balaban J connectivity index is 1.83. The molecule has 1 aliphatic rings. The maximum Gasteiger partial charge on any atom is 0.252 e. The fourth-order valence-corrected chi connectivity index (χ4v) is 7.49. The van der Waals surface area contributed by atoms with E-state index in [2.05, 4.69) is 15.9 Å². The minimum absolute atomic E-state index is 0.0176. The number of hydrogen-bond acceptors (Lipinski definition) is 5. The molecule has 1 saturated heterocycles. The highest BCUT2D eigenvalue weighted by Crippen LogP contribution is 2.35. The smallest absolute Gasteiger partial charge is 0.252 e. The van der Waals surface area contributed by atoms with Crippen molar-refractivity contribution in [3.05, 3.63) is 79.4 Å². The van der Waals surface area contributed by atoms with Crippen LogP contribution in [0.15, 0.2) is 57.2 Å². The Labute approximate surface area is 212 Å². The van der Waals surface area contributed by atoms with Crippen LogP contribution in [0.4, 0.5) is 5.69 Å². The van der Waals surface area contributed by atoms with Crippen LogP contribution in [-0.4, -0.2) is 30.6 Å². The first kappa shape index (κ1) is 24.8. The van der Waals surface area contributed by atoms with E-state index in [9.17, 15) is 18.0 Å². The van der Waals surface area contributed by atoms with Gasteiger partial charge in [-0.3, -0.25) is 9.59 Å². The van der Waals surface area contributed by atoms with Crippen molar-refractivity contribution in [1.82, 2.24) is 4.31 Å². The van der Waals surface area contributed by atoms with Gasteiger partial charge in [0, 0.05) is 15.9 Å². The van der Waals surface area contributed by atoms with Crippen molar-refractivity contribution in [2.24, 2.45) is 0 Å². The Hall–Kier alpha value is -2.33. The number of halogens is 1. The van der Waals surface area contributed by atoms with E-state index in [1.165, 1.54) is 15.6 Å². The number of amides is 2. The van der Waals surface area contributed by atoms with Gasteiger partial charge in [-0.2, -0.15) is 4.31 Å². The van der Waals surface area contributed by atoms with Crippen LogP contribution in [0.3, 0.4) is 0 Å². The lowest BCUT2D eigenvalue weighted by Gasteiger charge is -2.28. The van der Waals surface area contributed by atoms with Crippen LogP contribution < -0.4 is 4.90 Å². The highest BCUT2D eigenvalue weighted by molar-refractivity contribution is 9.10. The molecule has 0 saturated carbocycles. The first-order chi connectivity index (χ1) is 16.0. The maximum absolute atomic E-state index is 14.2. The van der Waals surface area contributed by atoms with Gasteiger partial charge >= 0.3 is 0 Å². The fraction of sp³-hybridized carbons (Fsp3) is 0.280. The zero-order valence-corrected chi connectivity index (χ0v) is 22.6. The standard InChI is InChI=1S/C25H25BrN2O4S2/c1-15-12-16(2)18(4)24(17(15)3)34(31,32)27(14-21-6-5-11-33-21)22-13-23(29)28(25(22)30)20-9-7-19(26)8-10-20/h5-12,22H,13-14H2,1-4H3. The number of benzene rings is 2. The lowest BCUT2D eigenvalue weighted by Crippen LogP contribution is -2.45. The van der Waals surface area contributed by atoms with Crippen LogP contribution >= 0.6 is 27.3 Å². The topological polar surface area (TPSA) is 74.8 Å². The highest BCUT2D eigenvalue weighted by atomic mass is 79.9. The summed E-state index contributed by atoms with van der Waals surface area (Å²) in [5.74, 6) is -0.954. The molecule has 0 bridgehead atoms. The number of aryl methyl sites for hydroxylation is 2. The lowest BCUT2D eigenvalue weighted by molar-refractivity contribution is -0.122. The van der Waals surface area contributed by atoms with E-state index < -0.39 is 27.9 Å². The number of rotatable bonds is 6. The molecule has 0 N–H and O–H groups in total. The quantitative estimate of drug-likeness (QED) is 0.385. The van der Waals surface area contributed by atoms with Gasteiger partial charge in [0.15, 0.2) is 0 Å². The first-order valence-corrected chi connectivity index (χ1v) is 13.9. The monoisotopic (exact) mass is 560 g/mol. The van der Waals surface area contributed by atoms with Gasteiger partial charge < -0.3 is 0 Å². The molecule has 6 nitrogen and oxygen atoms in total. The third kappa shape index (κ3) is 4.37. The number of imide groups is 1. The minimum atomic E-state index is -4.10. The fourth-order valence-electron chi connectivity index (χ4n) is 4.31. The molecule has 1 aliphatic heterocycles. The second kappa shape index (κ2) is 9.37. The summed E-state index contributed by atoms with van der Waals surface area (Å²) in [4.78, 5) is 28.6. The molecule has 1 aromatic heterocycles. The van der Waals surface area contributed by atoms with E-state index >= 15 is 0 Å². The summed E-state index contributed by atoms with van der Waals surface area (Å²) in [5, 5.41) is 1.86. The van der Waals surface area contributed by atoms with Crippen molar-refractivity contribution in [3.63, 3.8) is 0 Å². The number of carbonyl (C=O) groups is 2. The molecule has 1 unspecified atom stereocenters. The number of carbonyl (C=O) groups excluding carboxylic acids is 2. The van der Waals surface area contributed by atoms with E-state index in [1.807, 2.05) is 37.4 Å². The molecular weight excluding hydrogens is 536 g/mol. The van der Waals surface area contributed by atoms with Crippen LogP contribution in [0.1, 0.15) is 33.6 Å². The average Bonchev–Trinajstić information content (AvgIpc) is 3.39. The zero-order chi connectivity index (χ0) is 24.8. The largest absolute Gasteiger partial charge is 0.274 e. The van der Waals surface area contributed by atoms with Crippen molar-refractivity contribution in [3.8, 4) is 0 Å². The van der Waals surface area contributed by atoms with Crippen molar-refractivity contribution >= 4 is 54.8 Å². The van der Waals surface area contributed by atoms with Gasteiger partial charge in [-0.1, -0.05) is 28.1 Å². The number of sulfonamides is 1. The second-order valence-corrected chi connectivity index (χ2v) is 12.3. The van der Waals surface area contributed by atoms with Gasteiger partial charge in [-0.05, 0) is 85.7 Å². The van der Waals surface area contributed by atoms with Crippen molar-refractivity contribution in [1.29, 1.82) is 0 Å². The molecule has 2 heterocycles. The average molecular weight is 562 g/mol. The SMILES string of the molecule is Cc1cc(C)c(C)c(S(=O)(=O)N(Cc2cccs2)C2CC(=O)N(c3ccc(Br)cc3)C2=O)c1C. The Morgan fingerprint density at radius 3 is 2.21 bits per heavy atom. The number of anilines is 1. The molecule has 1 atom stereocenters. The molecule has 3 aromatic rings. The molecule has 2 aromatic carbocycles. The minimum Gasteiger partial charge on any atom is -0.274 e. The molecular formula is C25H25BrN2O4S2. The van der Waals surface area contributed by atoms with Gasteiger partial charge in [0.1, 0.15) is 6.04 Å². The van der Waals surface area contributed by atoms with Crippen LogP contribution in [0.25, 0.3) is 0 Å². The molecule has 2 amide bonds. The van der Waals surface area contributed by atoms with Crippen molar-refractivity contribution in [2.75, 3.05) is 4.90 Å². The highest BCUT2D eigenvalue weighted by Gasteiger charge is 2.47. The summed E-state index contributed by atoms with van der Waals surface area (Å²) in [6, 6.07) is 11.3. The third-order valence-corrected chi connectivity index (χ3v) is 9.83. The number of hydrogen-bond donors (Lipinski definition) is 0. The summed E-state index contributed by atoms with van der Waals surface area (Å²) in [5.41, 5.74) is 3.46. The Morgan fingerprint density at radius 1 is 1.03 bits per heavy atom. The van der Waals surface area contributed by atoms with Gasteiger partial charge in [-0.15, -0.1) is 11.3 Å². The molecule has 0 aliphatic carbocycles. The maximum atomic E-state index is 14.2. The molecule has 1 fully saturated rings. The van der Waals surface area contributed by atoms with Gasteiger partial charge in [0.25, 0.3) is 5.91 Å². The summed E-state index contributed by atoms with van der Waals surface area (Å²) >= 11 is 4.77. The van der Waals surface area contributed by atoms with Gasteiger partial charge in [0.2, 0.25) is 15.9 Å². The summed E-state index contributed by atoms with van der Waals surface area (Å²) in [7, 11) is -4.10. The number of thiophene rings is 1. The Morgan fingerprint density at radius 2 is 1.65 bits per heavy atom. The van der Waals surface area contributed by atoms with E-state index in [0.717, 1.165) is 25.4 Å². The van der Waals surface area contributed by atoms with E-state index in [0.29, 0.717) is 16.8 Å². The molecule has 9 heteroatoms. The van der Waals surface area contributed by atoms with E-state index in [-0.39, 0.29) is 17.9 Å². The van der Waals surface area contributed by atoms with Crippen LogP contribution in [0.5, 0.6) is 0 Å². The summed E-state index contributed by atoms with van der Waals surface area (Å²) in [6.45, 7) is 7.35. The first-order valence-electron chi connectivity index (χ1n) is 10.8. The summed E-state index contributed by atoms with van der Waals surface area (Å²) < 4.78 is 30.4. The van der Waals surface area contributed by atoms with E-state index in [4.69, 9.17) is 0 Å².